The monoisotopic (exact) mass is 318 g/mol. The molecule has 0 aliphatic carbocycles. The maximum atomic E-state index is 10.4. The van der Waals surface area contributed by atoms with Crippen molar-refractivity contribution in [1.29, 1.82) is 0 Å². The van der Waals surface area contributed by atoms with Crippen LogP contribution in [-0.2, 0) is 6.54 Å². The number of rotatable bonds is 4. The van der Waals surface area contributed by atoms with Gasteiger partial charge in [0, 0.05) is 27.8 Å². The molecule has 96 valence electrons. The predicted molar refractivity (Wildman–Crippen MR) is 75.4 cm³/mol. The Balaban J connectivity index is 1.85. The van der Waals surface area contributed by atoms with Crippen LogP contribution in [0.25, 0.3) is 0 Å². The van der Waals surface area contributed by atoms with Gasteiger partial charge in [-0.3, -0.25) is 4.90 Å². The van der Waals surface area contributed by atoms with Crippen LogP contribution >= 0.6 is 27.3 Å². The standard InChI is InChI=1S/C12H19BrN2OS/c1-15(7-11-6-10(13)8-17-11)9-12(16)2-4-14-5-3-12/h6,8,14,16H,2-5,7,9H2,1H3. The number of halogens is 1. The number of hydrogen-bond acceptors (Lipinski definition) is 4. The molecule has 3 nitrogen and oxygen atoms in total. The van der Waals surface area contributed by atoms with E-state index in [0.29, 0.717) is 0 Å². The Hall–Kier alpha value is 0.0600. The van der Waals surface area contributed by atoms with Crippen molar-refractivity contribution in [3.05, 3.63) is 20.8 Å². The molecule has 0 spiro atoms. The first-order valence-corrected chi connectivity index (χ1v) is 7.59. The van der Waals surface area contributed by atoms with Crippen LogP contribution in [0.5, 0.6) is 0 Å². The van der Waals surface area contributed by atoms with Crippen molar-refractivity contribution in [2.45, 2.75) is 25.0 Å². The van der Waals surface area contributed by atoms with Crippen LogP contribution < -0.4 is 5.32 Å². The zero-order valence-electron chi connectivity index (χ0n) is 10.1. The van der Waals surface area contributed by atoms with Crippen LogP contribution in [0.15, 0.2) is 15.9 Å². The molecule has 1 aromatic heterocycles. The molecule has 1 aliphatic rings. The highest BCUT2D eigenvalue weighted by molar-refractivity contribution is 9.10. The summed E-state index contributed by atoms with van der Waals surface area (Å²) >= 11 is 5.22. The van der Waals surface area contributed by atoms with E-state index in [-0.39, 0.29) is 0 Å². The van der Waals surface area contributed by atoms with E-state index in [2.05, 4.69) is 44.6 Å². The van der Waals surface area contributed by atoms with Crippen molar-refractivity contribution in [2.24, 2.45) is 0 Å². The third-order valence-electron chi connectivity index (χ3n) is 3.15. The average Bonchev–Trinajstić information content (AvgIpc) is 2.63. The minimum Gasteiger partial charge on any atom is -0.388 e. The minimum atomic E-state index is -0.505. The molecule has 5 heteroatoms. The van der Waals surface area contributed by atoms with E-state index >= 15 is 0 Å². The molecule has 0 radical (unpaired) electrons. The lowest BCUT2D eigenvalue weighted by molar-refractivity contribution is -0.0166. The fraction of sp³-hybridized carbons (Fsp3) is 0.667. The molecule has 0 aromatic carbocycles. The van der Waals surface area contributed by atoms with Gasteiger partial charge < -0.3 is 10.4 Å². The number of nitrogens with one attached hydrogen (secondary N) is 1. The van der Waals surface area contributed by atoms with Gasteiger partial charge in [-0.25, -0.2) is 0 Å². The lowest BCUT2D eigenvalue weighted by Crippen LogP contribution is -2.48. The Labute approximate surface area is 115 Å². The second-order valence-corrected chi connectivity index (χ2v) is 6.79. The van der Waals surface area contributed by atoms with Gasteiger partial charge in [0.15, 0.2) is 0 Å². The maximum Gasteiger partial charge on any atom is 0.0798 e. The summed E-state index contributed by atoms with van der Waals surface area (Å²) in [5, 5.41) is 15.8. The lowest BCUT2D eigenvalue weighted by Gasteiger charge is -2.35. The Kier molecular flexibility index (Phi) is 4.60. The molecule has 0 saturated carbocycles. The summed E-state index contributed by atoms with van der Waals surface area (Å²) in [4.78, 5) is 3.54. The molecule has 0 unspecified atom stereocenters. The topological polar surface area (TPSA) is 35.5 Å². The second kappa shape index (κ2) is 5.80. The van der Waals surface area contributed by atoms with Crippen molar-refractivity contribution in [3.8, 4) is 0 Å². The summed E-state index contributed by atoms with van der Waals surface area (Å²) in [5.41, 5.74) is -0.505. The van der Waals surface area contributed by atoms with Crippen molar-refractivity contribution in [1.82, 2.24) is 10.2 Å². The quantitative estimate of drug-likeness (QED) is 0.892. The zero-order chi connectivity index (χ0) is 12.3. The number of hydrogen-bond donors (Lipinski definition) is 2. The fourth-order valence-electron chi connectivity index (χ4n) is 2.31. The molecule has 1 fully saturated rings. The third-order valence-corrected chi connectivity index (χ3v) is 4.83. The fourth-order valence-corrected chi connectivity index (χ4v) is 3.84. The highest BCUT2D eigenvalue weighted by Crippen LogP contribution is 2.23. The van der Waals surface area contributed by atoms with Crippen LogP contribution in [0.2, 0.25) is 0 Å². The van der Waals surface area contributed by atoms with Gasteiger partial charge in [0.25, 0.3) is 0 Å². The Morgan fingerprint density at radius 1 is 1.53 bits per heavy atom. The molecule has 2 heterocycles. The van der Waals surface area contributed by atoms with E-state index in [9.17, 15) is 5.11 Å². The van der Waals surface area contributed by atoms with Crippen molar-refractivity contribution in [2.75, 3.05) is 26.7 Å². The first-order valence-electron chi connectivity index (χ1n) is 5.92. The normalized spacial score (nSPS) is 19.8. The van der Waals surface area contributed by atoms with E-state index in [1.807, 2.05) is 0 Å². The maximum absolute atomic E-state index is 10.4. The third kappa shape index (κ3) is 4.03. The Bertz CT molecular complexity index is 363. The van der Waals surface area contributed by atoms with Crippen molar-refractivity contribution >= 4 is 27.3 Å². The van der Waals surface area contributed by atoms with Gasteiger partial charge >= 0.3 is 0 Å². The van der Waals surface area contributed by atoms with Crippen LogP contribution in [0.1, 0.15) is 17.7 Å². The number of aliphatic hydroxyl groups is 1. The highest BCUT2D eigenvalue weighted by Gasteiger charge is 2.30. The van der Waals surface area contributed by atoms with E-state index in [1.165, 1.54) is 4.88 Å². The first kappa shape index (κ1) is 13.5. The summed E-state index contributed by atoms with van der Waals surface area (Å²) in [6.45, 7) is 3.51. The van der Waals surface area contributed by atoms with E-state index in [1.54, 1.807) is 11.3 Å². The first-order chi connectivity index (χ1) is 8.07. The average molecular weight is 319 g/mol. The van der Waals surface area contributed by atoms with Gasteiger partial charge in [-0.1, -0.05) is 0 Å². The predicted octanol–water partition coefficient (Wildman–Crippen LogP) is 2.06. The SMILES string of the molecule is CN(Cc1cc(Br)cs1)CC1(O)CCNCC1. The van der Waals surface area contributed by atoms with Gasteiger partial charge in [0.2, 0.25) is 0 Å². The molecule has 2 rings (SSSR count). The zero-order valence-corrected chi connectivity index (χ0v) is 12.5. The Morgan fingerprint density at radius 2 is 2.24 bits per heavy atom. The molecular weight excluding hydrogens is 300 g/mol. The van der Waals surface area contributed by atoms with Gasteiger partial charge in [-0.05, 0) is 55.0 Å². The number of thiophene rings is 1. The van der Waals surface area contributed by atoms with Crippen molar-refractivity contribution in [3.63, 3.8) is 0 Å². The molecular formula is C12H19BrN2OS. The molecule has 1 saturated heterocycles. The number of likely N-dealkylation sites (N-methyl/N-ethyl adjacent to an activating group) is 1. The van der Waals surface area contributed by atoms with E-state index in [4.69, 9.17) is 0 Å². The van der Waals surface area contributed by atoms with Gasteiger partial charge in [-0.2, -0.15) is 0 Å². The number of piperidine rings is 1. The smallest absolute Gasteiger partial charge is 0.0798 e. The van der Waals surface area contributed by atoms with Crippen LogP contribution in [0, 0.1) is 0 Å². The Morgan fingerprint density at radius 3 is 2.82 bits per heavy atom. The summed E-state index contributed by atoms with van der Waals surface area (Å²) in [6.07, 6.45) is 1.71. The van der Waals surface area contributed by atoms with Gasteiger partial charge in [0.05, 0.1) is 5.60 Å². The van der Waals surface area contributed by atoms with E-state index in [0.717, 1.165) is 43.5 Å². The molecule has 17 heavy (non-hydrogen) atoms. The highest BCUT2D eigenvalue weighted by atomic mass is 79.9. The number of nitrogens with zero attached hydrogens (tertiary/aromatic N) is 1. The molecule has 0 atom stereocenters. The molecule has 2 N–H and O–H groups in total. The largest absolute Gasteiger partial charge is 0.388 e. The second-order valence-electron chi connectivity index (χ2n) is 4.88. The van der Waals surface area contributed by atoms with Crippen LogP contribution in [0.4, 0.5) is 0 Å². The summed E-state index contributed by atoms with van der Waals surface area (Å²) in [7, 11) is 2.08. The molecule has 1 aliphatic heterocycles. The van der Waals surface area contributed by atoms with Crippen LogP contribution in [-0.4, -0.2) is 42.3 Å². The molecule has 0 bridgehead atoms. The minimum absolute atomic E-state index is 0.505. The van der Waals surface area contributed by atoms with Crippen molar-refractivity contribution < 1.29 is 5.11 Å². The summed E-state index contributed by atoms with van der Waals surface area (Å²) < 4.78 is 1.14. The summed E-state index contributed by atoms with van der Waals surface area (Å²) in [5.74, 6) is 0. The van der Waals surface area contributed by atoms with Gasteiger partial charge in [-0.15, -0.1) is 11.3 Å². The summed E-state index contributed by atoms with van der Waals surface area (Å²) in [6, 6.07) is 2.15. The molecule has 0 amide bonds. The lowest BCUT2D eigenvalue weighted by atomic mass is 9.92. The molecule has 1 aromatic rings. The van der Waals surface area contributed by atoms with E-state index < -0.39 is 5.60 Å². The van der Waals surface area contributed by atoms with Crippen LogP contribution in [0.3, 0.4) is 0 Å². The van der Waals surface area contributed by atoms with Gasteiger partial charge in [0.1, 0.15) is 0 Å².